The van der Waals surface area contributed by atoms with Crippen LogP contribution in [-0.4, -0.2) is 50.7 Å². The summed E-state index contributed by atoms with van der Waals surface area (Å²) in [5.74, 6) is 1.87. The van der Waals surface area contributed by atoms with Crippen LogP contribution in [-0.2, 0) is 17.6 Å². The molecule has 0 amide bonds. The van der Waals surface area contributed by atoms with E-state index in [4.69, 9.17) is 19.9 Å². The number of anilines is 1. The number of aromatic nitrogens is 5. The molecule has 0 N–H and O–H groups in total. The predicted octanol–water partition coefficient (Wildman–Crippen LogP) is 4.56. The van der Waals surface area contributed by atoms with E-state index in [0.717, 1.165) is 74.1 Å². The van der Waals surface area contributed by atoms with Crippen molar-refractivity contribution in [1.82, 2.24) is 24.4 Å². The predicted molar refractivity (Wildman–Crippen MR) is 132 cm³/mol. The van der Waals surface area contributed by atoms with Gasteiger partial charge in [-0.05, 0) is 44.6 Å². The van der Waals surface area contributed by atoms with Gasteiger partial charge in [0, 0.05) is 37.0 Å². The van der Waals surface area contributed by atoms with Gasteiger partial charge in [0.1, 0.15) is 5.82 Å². The lowest BCUT2D eigenvalue weighted by molar-refractivity contribution is 0.122. The molecule has 3 aromatic rings. The summed E-state index contributed by atoms with van der Waals surface area (Å²) in [4.78, 5) is 7.31. The van der Waals surface area contributed by atoms with Gasteiger partial charge in [0.05, 0.1) is 24.6 Å². The van der Waals surface area contributed by atoms with E-state index in [0.29, 0.717) is 0 Å². The van der Waals surface area contributed by atoms with Gasteiger partial charge in [-0.15, -0.1) is 0 Å². The second kappa shape index (κ2) is 9.75. The molecule has 7 nitrogen and oxygen atoms in total. The van der Waals surface area contributed by atoms with Crippen LogP contribution in [0.25, 0.3) is 17.0 Å². The fourth-order valence-electron chi connectivity index (χ4n) is 4.53. The van der Waals surface area contributed by atoms with Crippen molar-refractivity contribution in [3.05, 3.63) is 65.7 Å². The van der Waals surface area contributed by atoms with Crippen LogP contribution in [0, 0.1) is 0 Å². The molecule has 7 heteroatoms. The molecule has 0 saturated carbocycles. The zero-order valence-corrected chi connectivity index (χ0v) is 19.6. The summed E-state index contributed by atoms with van der Waals surface area (Å²) >= 11 is 0. The van der Waals surface area contributed by atoms with E-state index < -0.39 is 0 Å². The molecule has 4 heterocycles. The van der Waals surface area contributed by atoms with Crippen molar-refractivity contribution in [2.45, 2.75) is 46.0 Å². The molecule has 33 heavy (non-hydrogen) atoms. The number of hydrogen-bond donors (Lipinski definition) is 0. The number of aryl methyl sites for hydroxylation is 2. The first-order valence-corrected chi connectivity index (χ1v) is 12.1. The number of rotatable bonds is 6. The topological polar surface area (TPSA) is 60.5 Å². The highest BCUT2D eigenvalue weighted by Crippen LogP contribution is 2.26. The van der Waals surface area contributed by atoms with Crippen molar-refractivity contribution in [3.8, 4) is 5.82 Å². The van der Waals surface area contributed by atoms with Crippen LogP contribution < -0.4 is 4.90 Å². The van der Waals surface area contributed by atoms with Crippen molar-refractivity contribution in [2.24, 2.45) is 0 Å². The van der Waals surface area contributed by atoms with Gasteiger partial charge in [-0.1, -0.05) is 37.3 Å². The molecular weight excluding hydrogens is 412 g/mol. The number of nitrogens with zero attached hydrogens (tertiary/aromatic N) is 6. The molecule has 1 aliphatic carbocycles. The zero-order valence-electron chi connectivity index (χ0n) is 19.6. The number of ether oxygens (including phenoxy) is 1. The minimum Gasteiger partial charge on any atom is -0.378 e. The summed E-state index contributed by atoms with van der Waals surface area (Å²) in [5.41, 5.74) is 5.37. The van der Waals surface area contributed by atoms with Gasteiger partial charge >= 0.3 is 0 Å². The van der Waals surface area contributed by atoms with E-state index in [1.807, 2.05) is 22.2 Å². The maximum atomic E-state index is 5.60. The standard InChI is InChI=1S/C26H32N6O/c1-3-5-6-10-20(9-4-2)23-17-25-27-24(31-19-21-11-7-8-12-22(21)28-31)18-26(32(25)29-23)30-13-15-33-16-14-30/h4-6,9-10,17-19H,3,7-8,11-16H2,1-2H3/b6-5+,9-4-,20-10+. The molecule has 0 spiro atoms. The third kappa shape index (κ3) is 4.50. The van der Waals surface area contributed by atoms with Gasteiger partial charge in [0.15, 0.2) is 11.5 Å². The summed E-state index contributed by atoms with van der Waals surface area (Å²) in [5, 5.41) is 9.86. The van der Waals surface area contributed by atoms with Crippen LogP contribution in [0.2, 0.25) is 0 Å². The van der Waals surface area contributed by atoms with Crippen LogP contribution in [0.4, 0.5) is 5.82 Å². The third-order valence-electron chi connectivity index (χ3n) is 6.24. The third-order valence-corrected chi connectivity index (χ3v) is 6.24. The first-order valence-electron chi connectivity index (χ1n) is 12.1. The van der Waals surface area contributed by atoms with E-state index in [1.54, 1.807) is 0 Å². The van der Waals surface area contributed by atoms with Gasteiger partial charge in [-0.3, -0.25) is 0 Å². The Morgan fingerprint density at radius 1 is 1.12 bits per heavy atom. The van der Waals surface area contributed by atoms with E-state index in [1.165, 1.54) is 24.1 Å². The largest absolute Gasteiger partial charge is 0.378 e. The van der Waals surface area contributed by atoms with E-state index >= 15 is 0 Å². The Morgan fingerprint density at radius 2 is 1.97 bits per heavy atom. The van der Waals surface area contributed by atoms with Gasteiger partial charge in [0.25, 0.3) is 0 Å². The van der Waals surface area contributed by atoms with Crippen molar-refractivity contribution in [1.29, 1.82) is 0 Å². The first-order chi connectivity index (χ1) is 16.3. The monoisotopic (exact) mass is 444 g/mol. The fourth-order valence-corrected chi connectivity index (χ4v) is 4.53. The summed E-state index contributed by atoms with van der Waals surface area (Å²) in [7, 11) is 0. The maximum absolute atomic E-state index is 5.60. The minimum atomic E-state index is 0.717. The SMILES string of the molecule is C\C=C/C(=C\C=C\CC)c1cc2nc(-n3cc4c(n3)CCCC4)cc(N3CCOCC3)n2n1. The van der Waals surface area contributed by atoms with Gasteiger partial charge in [-0.25, -0.2) is 9.67 Å². The van der Waals surface area contributed by atoms with Gasteiger partial charge in [-0.2, -0.15) is 14.7 Å². The van der Waals surface area contributed by atoms with Crippen molar-refractivity contribution >= 4 is 17.0 Å². The average molecular weight is 445 g/mol. The Bertz CT molecular complexity index is 1190. The lowest BCUT2D eigenvalue weighted by atomic mass is 9.99. The van der Waals surface area contributed by atoms with Crippen LogP contribution in [0.15, 0.2) is 48.7 Å². The van der Waals surface area contributed by atoms with Crippen LogP contribution in [0.3, 0.4) is 0 Å². The molecule has 0 unspecified atom stereocenters. The second-order valence-electron chi connectivity index (χ2n) is 8.58. The summed E-state index contributed by atoms with van der Waals surface area (Å²) in [6.45, 7) is 7.27. The number of allylic oxidation sites excluding steroid dienone is 6. The summed E-state index contributed by atoms with van der Waals surface area (Å²) in [6, 6.07) is 4.19. The Hall–Kier alpha value is -3.19. The zero-order chi connectivity index (χ0) is 22.6. The molecule has 0 atom stereocenters. The van der Waals surface area contributed by atoms with Crippen LogP contribution >= 0.6 is 0 Å². The van der Waals surface area contributed by atoms with E-state index in [2.05, 4.69) is 54.5 Å². The highest BCUT2D eigenvalue weighted by molar-refractivity contribution is 5.75. The number of fused-ring (bicyclic) bond motifs is 2. The number of morpholine rings is 1. The van der Waals surface area contributed by atoms with E-state index in [-0.39, 0.29) is 0 Å². The Labute approximate surface area is 195 Å². The van der Waals surface area contributed by atoms with Crippen molar-refractivity contribution in [3.63, 3.8) is 0 Å². The summed E-state index contributed by atoms with van der Waals surface area (Å²) in [6.07, 6.45) is 18.3. The second-order valence-corrected chi connectivity index (χ2v) is 8.58. The van der Waals surface area contributed by atoms with Crippen molar-refractivity contribution in [2.75, 3.05) is 31.2 Å². The molecule has 1 saturated heterocycles. The lowest BCUT2D eigenvalue weighted by Crippen LogP contribution is -2.37. The van der Waals surface area contributed by atoms with E-state index in [9.17, 15) is 0 Å². The molecule has 5 rings (SSSR count). The van der Waals surface area contributed by atoms with Gasteiger partial charge < -0.3 is 9.64 Å². The fraction of sp³-hybridized carbons (Fsp3) is 0.423. The van der Waals surface area contributed by atoms with Gasteiger partial charge in [0.2, 0.25) is 0 Å². The highest BCUT2D eigenvalue weighted by Gasteiger charge is 2.21. The average Bonchev–Trinajstić information content (AvgIpc) is 3.48. The molecule has 0 aromatic carbocycles. The van der Waals surface area contributed by atoms with Crippen molar-refractivity contribution < 1.29 is 4.74 Å². The van der Waals surface area contributed by atoms with Crippen LogP contribution in [0.5, 0.6) is 0 Å². The molecule has 172 valence electrons. The molecule has 1 fully saturated rings. The Balaban J connectivity index is 1.63. The molecule has 1 aliphatic heterocycles. The molecule has 0 radical (unpaired) electrons. The van der Waals surface area contributed by atoms with Crippen LogP contribution in [0.1, 0.15) is 50.1 Å². The molecule has 2 aliphatic rings. The number of hydrogen-bond acceptors (Lipinski definition) is 5. The molecule has 0 bridgehead atoms. The molecule has 3 aromatic heterocycles. The highest BCUT2D eigenvalue weighted by atomic mass is 16.5. The Kier molecular flexibility index (Phi) is 6.39. The Morgan fingerprint density at radius 3 is 2.76 bits per heavy atom. The quantitative estimate of drug-likeness (QED) is 0.522. The summed E-state index contributed by atoms with van der Waals surface area (Å²) < 4.78 is 9.53. The molecular formula is C26H32N6O. The smallest absolute Gasteiger partial charge is 0.160 e. The normalized spacial score (nSPS) is 17.5. The minimum absolute atomic E-state index is 0.717. The maximum Gasteiger partial charge on any atom is 0.160 e. The lowest BCUT2D eigenvalue weighted by Gasteiger charge is -2.29. The first kappa shape index (κ1) is 21.6.